The number of carboxylic acids is 1. The minimum atomic E-state index is -1.00. The van der Waals surface area contributed by atoms with Gasteiger partial charge >= 0.3 is 5.97 Å². The number of rotatable bonds is 2. The highest BCUT2D eigenvalue weighted by molar-refractivity contribution is 5.88. The molecule has 0 saturated heterocycles. The van der Waals surface area contributed by atoms with Crippen LogP contribution >= 0.6 is 0 Å². The van der Waals surface area contributed by atoms with Gasteiger partial charge in [-0.3, -0.25) is 0 Å². The standard InChI is InChI=1S/C14H16N2O2/c1-14(2,3)11-10(13(17)18)15-12(16-11)9-7-5-4-6-8-9/h4-8H,1-3H3,(H,15,16)(H,17,18). The molecule has 0 atom stereocenters. The first-order valence-corrected chi connectivity index (χ1v) is 5.79. The van der Waals surface area contributed by atoms with E-state index in [4.69, 9.17) is 0 Å². The second kappa shape index (κ2) is 4.29. The first-order chi connectivity index (χ1) is 8.39. The van der Waals surface area contributed by atoms with Gasteiger partial charge in [-0.25, -0.2) is 9.78 Å². The Morgan fingerprint density at radius 1 is 1.22 bits per heavy atom. The van der Waals surface area contributed by atoms with Crippen LogP contribution in [0, 0.1) is 0 Å². The van der Waals surface area contributed by atoms with E-state index in [1.54, 1.807) is 0 Å². The van der Waals surface area contributed by atoms with Gasteiger partial charge in [-0.2, -0.15) is 0 Å². The van der Waals surface area contributed by atoms with E-state index in [9.17, 15) is 9.90 Å². The lowest BCUT2D eigenvalue weighted by Gasteiger charge is -2.16. The number of aromatic carboxylic acids is 1. The molecule has 1 aromatic heterocycles. The Balaban J connectivity index is 2.57. The van der Waals surface area contributed by atoms with Crippen molar-refractivity contribution in [2.24, 2.45) is 0 Å². The predicted octanol–water partition coefficient (Wildman–Crippen LogP) is 3.07. The van der Waals surface area contributed by atoms with Gasteiger partial charge in [0.2, 0.25) is 0 Å². The highest BCUT2D eigenvalue weighted by Crippen LogP contribution is 2.27. The van der Waals surface area contributed by atoms with Crippen LogP contribution in [0.2, 0.25) is 0 Å². The van der Waals surface area contributed by atoms with Crippen LogP contribution in [0.15, 0.2) is 30.3 Å². The molecule has 1 heterocycles. The quantitative estimate of drug-likeness (QED) is 0.853. The molecule has 0 aliphatic rings. The molecule has 0 aliphatic heterocycles. The lowest BCUT2D eigenvalue weighted by Crippen LogP contribution is -2.16. The normalized spacial score (nSPS) is 11.5. The molecule has 0 amide bonds. The molecule has 2 N–H and O–H groups in total. The number of hydrogen-bond donors (Lipinski definition) is 2. The Morgan fingerprint density at radius 2 is 1.83 bits per heavy atom. The number of H-pyrrole nitrogens is 1. The molecule has 0 unspecified atom stereocenters. The first-order valence-electron chi connectivity index (χ1n) is 5.79. The van der Waals surface area contributed by atoms with E-state index in [-0.39, 0.29) is 11.1 Å². The zero-order valence-corrected chi connectivity index (χ0v) is 10.7. The maximum Gasteiger partial charge on any atom is 0.356 e. The molecule has 18 heavy (non-hydrogen) atoms. The summed E-state index contributed by atoms with van der Waals surface area (Å²) < 4.78 is 0. The number of benzene rings is 1. The number of carboxylic acid groups (broad SMARTS) is 1. The molecule has 0 radical (unpaired) electrons. The molecule has 1 aromatic carbocycles. The van der Waals surface area contributed by atoms with Crippen molar-refractivity contribution in [2.45, 2.75) is 26.2 Å². The second-order valence-electron chi connectivity index (χ2n) is 5.23. The molecule has 0 aliphatic carbocycles. The third-order valence-electron chi connectivity index (χ3n) is 2.70. The number of aromatic nitrogens is 2. The maximum absolute atomic E-state index is 11.2. The molecular weight excluding hydrogens is 228 g/mol. The summed E-state index contributed by atoms with van der Waals surface area (Å²) in [6, 6.07) is 9.51. The van der Waals surface area contributed by atoms with E-state index in [1.807, 2.05) is 51.1 Å². The topological polar surface area (TPSA) is 66.0 Å². The largest absolute Gasteiger partial charge is 0.476 e. The summed E-state index contributed by atoms with van der Waals surface area (Å²) in [7, 11) is 0. The second-order valence-corrected chi connectivity index (χ2v) is 5.23. The van der Waals surface area contributed by atoms with Gasteiger partial charge in [-0.05, 0) is 0 Å². The van der Waals surface area contributed by atoms with Gasteiger partial charge in [0.1, 0.15) is 5.82 Å². The fraction of sp³-hybridized carbons (Fsp3) is 0.286. The van der Waals surface area contributed by atoms with Crippen LogP contribution in [0.4, 0.5) is 0 Å². The summed E-state index contributed by atoms with van der Waals surface area (Å²) in [4.78, 5) is 18.5. The molecule has 0 fully saturated rings. The summed E-state index contributed by atoms with van der Waals surface area (Å²) in [6.45, 7) is 5.88. The van der Waals surface area contributed by atoms with Crippen molar-refractivity contribution in [1.82, 2.24) is 9.97 Å². The molecule has 94 valence electrons. The number of nitrogens with zero attached hydrogens (tertiary/aromatic N) is 1. The number of carbonyl (C=O) groups is 1. The SMILES string of the molecule is CC(C)(C)c1[nH]c(-c2ccccc2)nc1C(=O)O. The van der Waals surface area contributed by atoms with Crippen molar-refractivity contribution in [3.8, 4) is 11.4 Å². The van der Waals surface area contributed by atoms with Gasteiger partial charge in [-0.1, -0.05) is 51.1 Å². The van der Waals surface area contributed by atoms with E-state index in [0.717, 1.165) is 5.56 Å². The minimum absolute atomic E-state index is 0.0985. The van der Waals surface area contributed by atoms with Crippen molar-refractivity contribution in [2.75, 3.05) is 0 Å². The van der Waals surface area contributed by atoms with Crippen molar-refractivity contribution in [3.63, 3.8) is 0 Å². The molecular formula is C14H16N2O2. The van der Waals surface area contributed by atoms with Crippen LogP contribution in [0.1, 0.15) is 37.0 Å². The van der Waals surface area contributed by atoms with Crippen molar-refractivity contribution < 1.29 is 9.90 Å². The van der Waals surface area contributed by atoms with Gasteiger partial charge in [0, 0.05) is 11.0 Å². The lowest BCUT2D eigenvalue weighted by molar-refractivity contribution is 0.0688. The number of nitrogens with one attached hydrogen (secondary N) is 1. The summed E-state index contributed by atoms with van der Waals surface area (Å²) >= 11 is 0. The van der Waals surface area contributed by atoms with Gasteiger partial charge in [0.25, 0.3) is 0 Å². The minimum Gasteiger partial charge on any atom is -0.476 e. The average molecular weight is 244 g/mol. The Kier molecular flexibility index (Phi) is 2.95. The monoisotopic (exact) mass is 244 g/mol. The molecule has 2 aromatic rings. The van der Waals surface area contributed by atoms with Crippen LogP contribution < -0.4 is 0 Å². The van der Waals surface area contributed by atoms with Gasteiger partial charge in [0.15, 0.2) is 5.69 Å². The molecule has 0 saturated carbocycles. The summed E-state index contributed by atoms with van der Waals surface area (Å²) in [5.41, 5.74) is 1.35. The average Bonchev–Trinajstić information content (AvgIpc) is 2.74. The molecule has 0 spiro atoms. The Labute approximate surface area is 106 Å². The van der Waals surface area contributed by atoms with Crippen LogP contribution in [0.25, 0.3) is 11.4 Å². The highest BCUT2D eigenvalue weighted by Gasteiger charge is 2.26. The van der Waals surface area contributed by atoms with Gasteiger partial charge < -0.3 is 10.1 Å². The van der Waals surface area contributed by atoms with Crippen LogP contribution in [0.5, 0.6) is 0 Å². The summed E-state index contributed by atoms with van der Waals surface area (Å²) in [5, 5.41) is 9.21. The Hall–Kier alpha value is -2.10. The van der Waals surface area contributed by atoms with Crippen LogP contribution in [-0.4, -0.2) is 21.0 Å². The summed E-state index contributed by atoms with van der Waals surface area (Å²) in [6.07, 6.45) is 0. The van der Waals surface area contributed by atoms with Gasteiger partial charge in [-0.15, -0.1) is 0 Å². The maximum atomic E-state index is 11.2. The predicted molar refractivity (Wildman–Crippen MR) is 69.7 cm³/mol. The number of hydrogen-bond acceptors (Lipinski definition) is 2. The zero-order chi connectivity index (χ0) is 13.3. The smallest absolute Gasteiger partial charge is 0.356 e. The molecule has 4 nitrogen and oxygen atoms in total. The van der Waals surface area contributed by atoms with Gasteiger partial charge in [0.05, 0.1) is 5.69 Å². The Bertz CT molecular complexity index is 565. The number of aromatic amines is 1. The summed E-state index contributed by atoms with van der Waals surface area (Å²) in [5.74, 6) is -0.406. The third kappa shape index (κ3) is 2.27. The zero-order valence-electron chi connectivity index (χ0n) is 10.7. The molecule has 0 bridgehead atoms. The highest BCUT2D eigenvalue weighted by atomic mass is 16.4. The fourth-order valence-electron chi connectivity index (χ4n) is 1.80. The van der Waals surface area contributed by atoms with E-state index in [2.05, 4.69) is 9.97 Å². The van der Waals surface area contributed by atoms with E-state index in [0.29, 0.717) is 11.5 Å². The number of imidazole rings is 1. The molecule has 2 rings (SSSR count). The van der Waals surface area contributed by atoms with Crippen LogP contribution in [-0.2, 0) is 5.41 Å². The Morgan fingerprint density at radius 3 is 2.28 bits per heavy atom. The van der Waals surface area contributed by atoms with Crippen molar-refractivity contribution in [1.29, 1.82) is 0 Å². The van der Waals surface area contributed by atoms with Crippen molar-refractivity contribution in [3.05, 3.63) is 41.7 Å². The van der Waals surface area contributed by atoms with E-state index in [1.165, 1.54) is 0 Å². The van der Waals surface area contributed by atoms with Crippen LogP contribution in [0.3, 0.4) is 0 Å². The lowest BCUT2D eigenvalue weighted by atomic mass is 9.91. The fourth-order valence-corrected chi connectivity index (χ4v) is 1.80. The van der Waals surface area contributed by atoms with E-state index < -0.39 is 5.97 Å². The first kappa shape index (κ1) is 12.4. The molecule has 4 heteroatoms. The van der Waals surface area contributed by atoms with E-state index >= 15 is 0 Å². The third-order valence-corrected chi connectivity index (χ3v) is 2.70. The van der Waals surface area contributed by atoms with Crippen molar-refractivity contribution >= 4 is 5.97 Å².